The normalized spacial score (nSPS) is 13.1. The van der Waals surface area contributed by atoms with Gasteiger partial charge < -0.3 is 10.1 Å². The van der Waals surface area contributed by atoms with Crippen molar-refractivity contribution in [3.05, 3.63) is 41.0 Å². The molecule has 0 bridgehead atoms. The summed E-state index contributed by atoms with van der Waals surface area (Å²) in [6.07, 6.45) is -8.63. The van der Waals surface area contributed by atoms with Crippen LogP contribution in [0.1, 0.15) is 43.9 Å². The monoisotopic (exact) mass is 383 g/mol. The van der Waals surface area contributed by atoms with Gasteiger partial charge in [-0.25, -0.2) is 4.79 Å². The fourth-order valence-electron chi connectivity index (χ4n) is 2.01. The van der Waals surface area contributed by atoms with E-state index in [4.69, 9.17) is 4.74 Å². The average molecular weight is 383 g/mol. The molecule has 0 spiro atoms. The van der Waals surface area contributed by atoms with Crippen molar-refractivity contribution in [2.24, 2.45) is 0 Å². The molecular formula is C17H19F6NO2. The number of carbonyl (C=O) groups is 1. The minimum Gasteiger partial charge on any atom is -0.444 e. The smallest absolute Gasteiger partial charge is 0.417 e. The zero-order valence-electron chi connectivity index (χ0n) is 14.4. The molecule has 1 N–H and O–H groups in total. The Morgan fingerprint density at radius 1 is 1.04 bits per heavy atom. The van der Waals surface area contributed by atoms with E-state index in [0.717, 1.165) is 12.2 Å². The summed E-state index contributed by atoms with van der Waals surface area (Å²) < 4.78 is 82.8. The Hall–Kier alpha value is -2.19. The number of amides is 1. The second-order valence-corrected chi connectivity index (χ2v) is 6.38. The van der Waals surface area contributed by atoms with Crippen LogP contribution in [0.2, 0.25) is 0 Å². The van der Waals surface area contributed by atoms with Crippen molar-refractivity contribution in [2.75, 3.05) is 6.54 Å². The highest BCUT2D eigenvalue weighted by molar-refractivity contribution is 5.67. The third-order valence-corrected chi connectivity index (χ3v) is 2.98. The van der Waals surface area contributed by atoms with Crippen LogP contribution in [0.3, 0.4) is 0 Å². The first-order valence-electron chi connectivity index (χ1n) is 7.62. The first-order valence-corrected chi connectivity index (χ1v) is 7.62. The van der Waals surface area contributed by atoms with Gasteiger partial charge in [0.1, 0.15) is 5.60 Å². The van der Waals surface area contributed by atoms with Crippen LogP contribution in [-0.2, 0) is 17.1 Å². The second-order valence-electron chi connectivity index (χ2n) is 6.38. The number of hydrogen-bond acceptors (Lipinski definition) is 2. The molecule has 1 rings (SSSR count). The molecule has 0 saturated carbocycles. The van der Waals surface area contributed by atoms with Crippen LogP contribution in [0.25, 0.3) is 6.08 Å². The molecule has 146 valence electrons. The predicted molar refractivity (Wildman–Crippen MR) is 84.3 cm³/mol. The molecule has 26 heavy (non-hydrogen) atoms. The predicted octanol–water partition coefficient (Wildman–Crippen LogP) is 5.65. The summed E-state index contributed by atoms with van der Waals surface area (Å²) in [5, 5.41) is 2.36. The van der Waals surface area contributed by atoms with Crippen molar-refractivity contribution in [3.8, 4) is 0 Å². The van der Waals surface area contributed by atoms with Gasteiger partial charge in [-0.3, -0.25) is 0 Å². The van der Waals surface area contributed by atoms with Gasteiger partial charge in [-0.05, 0) is 44.9 Å². The standard InChI is InChI=1S/C17H19F6NO2/c1-15(2,3)26-14(25)24-10-5-4-7-11-12(16(18,19)20)8-6-9-13(11)17(21,22)23/h4,6-9H,5,10H2,1-3H3,(H,24,25). The van der Waals surface area contributed by atoms with Crippen molar-refractivity contribution in [3.63, 3.8) is 0 Å². The molecule has 1 aromatic carbocycles. The number of alkyl carbamates (subject to hydrolysis) is 1. The highest BCUT2D eigenvalue weighted by Crippen LogP contribution is 2.39. The SMILES string of the molecule is CC(C)(C)OC(=O)NCCC=Cc1c(C(F)(F)F)cccc1C(F)(F)F. The lowest BCUT2D eigenvalue weighted by atomic mass is 9.99. The molecule has 9 heteroatoms. The summed E-state index contributed by atoms with van der Waals surface area (Å²) in [5.74, 6) is 0. The maximum atomic E-state index is 13.0. The van der Waals surface area contributed by atoms with Gasteiger partial charge in [-0.1, -0.05) is 18.2 Å². The fourth-order valence-corrected chi connectivity index (χ4v) is 2.01. The zero-order valence-corrected chi connectivity index (χ0v) is 14.4. The Bertz CT molecular complexity index is 624. The molecule has 0 aromatic heterocycles. The van der Waals surface area contributed by atoms with E-state index < -0.39 is 40.7 Å². The molecule has 0 aliphatic carbocycles. The number of alkyl halides is 6. The molecule has 1 aromatic rings. The Labute approximate surface area is 147 Å². The Morgan fingerprint density at radius 3 is 1.96 bits per heavy atom. The van der Waals surface area contributed by atoms with E-state index in [1.165, 1.54) is 0 Å². The van der Waals surface area contributed by atoms with E-state index in [1.54, 1.807) is 20.8 Å². The molecule has 0 aliphatic rings. The van der Waals surface area contributed by atoms with Gasteiger partial charge in [0.05, 0.1) is 11.1 Å². The van der Waals surface area contributed by atoms with Gasteiger partial charge in [0.15, 0.2) is 0 Å². The van der Waals surface area contributed by atoms with Crippen LogP contribution >= 0.6 is 0 Å². The van der Waals surface area contributed by atoms with E-state index in [9.17, 15) is 31.1 Å². The van der Waals surface area contributed by atoms with Gasteiger partial charge in [0.25, 0.3) is 0 Å². The minimum absolute atomic E-state index is 0.000942. The summed E-state index contributed by atoms with van der Waals surface area (Å²) in [4.78, 5) is 11.4. The number of benzene rings is 1. The summed E-state index contributed by atoms with van der Waals surface area (Å²) in [7, 11) is 0. The van der Waals surface area contributed by atoms with Crippen LogP contribution in [0.4, 0.5) is 31.1 Å². The number of carbonyl (C=O) groups excluding carboxylic acids is 1. The summed E-state index contributed by atoms with van der Waals surface area (Å²) in [6.45, 7) is 4.96. The van der Waals surface area contributed by atoms with Crippen LogP contribution in [0.5, 0.6) is 0 Å². The third-order valence-electron chi connectivity index (χ3n) is 2.98. The van der Waals surface area contributed by atoms with Crippen molar-refractivity contribution in [2.45, 2.75) is 45.1 Å². The molecule has 0 aliphatic heterocycles. The van der Waals surface area contributed by atoms with Crippen LogP contribution in [0.15, 0.2) is 24.3 Å². The summed E-state index contributed by atoms with van der Waals surface area (Å²) in [6, 6.07) is 1.90. The summed E-state index contributed by atoms with van der Waals surface area (Å²) >= 11 is 0. The molecule has 0 unspecified atom stereocenters. The van der Waals surface area contributed by atoms with E-state index in [2.05, 4.69) is 5.32 Å². The Balaban J connectivity index is 2.88. The van der Waals surface area contributed by atoms with Crippen LogP contribution in [-0.4, -0.2) is 18.2 Å². The maximum Gasteiger partial charge on any atom is 0.417 e. The molecular weight excluding hydrogens is 364 g/mol. The number of hydrogen-bond donors (Lipinski definition) is 1. The third kappa shape index (κ3) is 6.97. The number of nitrogens with one attached hydrogen (secondary N) is 1. The largest absolute Gasteiger partial charge is 0.444 e. The molecule has 1 amide bonds. The highest BCUT2D eigenvalue weighted by atomic mass is 19.4. The first-order chi connectivity index (χ1) is 11.7. The summed E-state index contributed by atoms with van der Waals surface area (Å²) in [5.41, 5.74) is -4.41. The van der Waals surface area contributed by atoms with Crippen molar-refractivity contribution in [1.29, 1.82) is 0 Å². The van der Waals surface area contributed by atoms with Gasteiger partial charge in [0, 0.05) is 6.54 Å². The van der Waals surface area contributed by atoms with Crippen molar-refractivity contribution >= 4 is 12.2 Å². The molecule has 3 nitrogen and oxygen atoms in total. The second kappa shape index (κ2) is 8.01. The topological polar surface area (TPSA) is 38.3 Å². The number of rotatable bonds is 4. The van der Waals surface area contributed by atoms with Gasteiger partial charge in [0.2, 0.25) is 0 Å². The lowest BCUT2D eigenvalue weighted by Gasteiger charge is -2.19. The fraction of sp³-hybridized carbons (Fsp3) is 0.471. The quantitative estimate of drug-likeness (QED) is 0.539. The zero-order chi connectivity index (χ0) is 20.2. The molecule has 0 heterocycles. The van der Waals surface area contributed by atoms with Gasteiger partial charge in [-0.2, -0.15) is 26.3 Å². The van der Waals surface area contributed by atoms with E-state index in [-0.39, 0.29) is 13.0 Å². The van der Waals surface area contributed by atoms with Gasteiger partial charge in [-0.15, -0.1) is 0 Å². The van der Waals surface area contributed by atoms with Crippen molar-refractivity contribution in [1.82, 2.24) is 5.32 Å². The molecule has 0 radical (unpaired) electrons. The Morgan fingerprint density at radius 2 is 1.54 bits per heavy atom. The van der Waals surface area contributed by atoms with Crippen molar-refractivity contribution < 1.29 is 35.9 Å². The first kappa shape index (κ1) is 21.9. The van der Waals surface area contributed by atoms with E-state index in [0.29, 0.717) is 18.2 Å². The maximum absolute atomic E-state index is 13.0. The number of halogens is 6. The van der Waals surface area contributed by atoms with Crippen LogP contribution in [0, 0.1) is 0 Å². The Kier molecular flexibility index (Phi) is 6.73. The average Bonchev–Trinajstić information content (AvgIpc) is 2.42. The molecule has 0 saturated heterocycles. The van der Waals surface area contributed by atoms with E-state index >= 15 is 0 Å². The lowest BCUT2D eigenvalue weighted by Crippen LogP contribution is -2.32. The lowest BCUT2D eigenvalue weighted by molar-refractivity contribution is -0.143. The molecule has 0 atom stereocenters. The van der Waals surface area contributed by atoms with E-state index in [1.807, 2.05) is 0 Å². The van der Waals surface area contributed by atoms with Crippen LogP contribution < -0.4 is 5.32 Å². The molecule has 0 fully saturated rings. The van der Waals surface area contributed by atoms with Gasteiger partial charge >= 0.3 is 18.4 Å². The minimum atomic E-state index is -4.92. The highest BCUT2D eigenvalue weighted by Gasteiger charge is 2.39. The number of ether oxygens (including phenoxy) is 1.